The number of hydroxylamine groups is 2. The summed E-state index contributed by atoms with van der Waals surface area (Å²) >= 11 is 0. The molecule has 9 nitrogen and oxygen atoms in total. The second-order valence-corrected chi connectivity index (χ2v) is 8.59. The molecule has 0 fully saturated rings. The molecule has 1 aliphatic rings. The number of imide groups is 1. The van der Waals surface area contributed by atoms with Gasteiger partial charge in [-0.05, 0) is 30.5 Å². The molecule has 34 heavy (non-hydrogen) atoms. The molecule has 1 unspecified atom stereocenters. The lowest BCUT2D eigenvalue weighted by Gasteiger charge is -2.25. The normalized spacial score (nSPS) is 14.6. The summed E-state index contributed by atoms with van der Waals surface area (Å²) in [6.45, 7) is -0.591. The predicted octanol–water partition coefficient (Wildman–Crippen LogP) is 2.19. The SMILES string of the molecule is CC(OCC(=O)OCC#Cc1ccc2c3c(cccc13)C(=O)N(OS(C)(=O)=O)C2=O)C(F)(F)F. The Labute approximate surface area is 191 Å². The number of hydrogen-bond acceptors (Lipinski definition) is 8. The number of carbonyl (C=O) groups excluding carboxylic acids is 3. The molecule has 1 heterocycles. The molecular formula is C21H16F3NO8S. The van der Waals surface area contributed by atoms with Gasteiger partial charge in [0, 0.05) is 10.9 Å². The number of nitrogens with zero attached hydrogens (tertiary/aromatic N) is 1. The highest BCUT2D eigenvalue weighted by molar-refractivity contribution is 7.85. The molecule has 2 aromatic rings. The minimum Gasteiger partial charge on any atom is -0.451 e. The third-order valence-electron chi connectivity index (χ3n) is 4.52. The van der Waals surface area contributed by atoms with E-state index in [1.165, 1.54) is 24.3 Å². The third kappa shape index (κ3) is 5.53. The van der Waals surface area contributed by atoms with Crippen molar-refractivity contribution >= 4 is 38.7 Å². The second kappa shape index (κ2) is 9.41. The molecule has 0 radical (unpaired) electrons. The highest BCUT2D eigenvalue weighted by Gasteiger charge is 2.38. The van der Waals surface area contributed by atoms with E-state index >= 15 is 0 Å². The first-order chi connectivity index (χ1) is 15.8. The standard InChI is InChI=1S/C21H16F3NO8S/c1-12(21(22,23)24)32-11-17(26)31-10-4-5-13-8-9-16-18-14(13)6-3-7-15(18)19(27)25(20(16)28)33-34(2,29)30/h3,6-9,12H,10-11H2,1-2H3. The Morgan fingerprint density at radius 3 is 2.38 bits per heavy atom. The number of ether oxygens (including phenoxy) is 2. The van der Waals surface area contributed by atoms with Crippen LogP contribution in [0.4, 0.5) is 13.2 Å². The fourth-order valence-corrected chi connectivity index (χ4v) is 3.37. The Hall–Kier alpha value is -3.47. The van der Waals surface area contributed by atoms with E-state index in [2.05, 4.69) is 20.9 Å². The van der Waals surface area contributed by atoms with Crippen molar-refractivity contribution in [1.82, 2.24) is 5.06 Å². The number of rotatable bonds is 6. The molecule has 0 aliphatic carbocycles. The summed E-state index contributed by atoms with van der Waals surface area (Å²) in [4.78, 5) is 36.8. The van der Waals surface area contributed by atoms with Gasteiger partial charge < -0.3 is 9.47 Å². The van der Waals surface area contributed by atoms with Gasteiger partial charge >= 0.3 is 12.1 Å². The molecule has 0 spiro atoms. The molecule has 0 saturated carbocycles. The zero-order valence-corrected chi connectivity index (χ0v) is 18.5. The summed E-state index contributed by atoms with van der Waals surface area (Å²) in [5.41, 5.74) is 0.389. The Kier molecular flexibility index (Phi) is 6.97. The number of benzene rings is 2. The Bertz CT molecular complexity index is 1320. The highest BCUT2D eigenvalue weighted by atomic mass is 32.2. The number of carbonyl (C=O) groups is 3. The zero-order chi connectivity index (χ0) is 25.3. The summed E-state index contributed by atoms with van der Waals surface area (Å²) in [6.07, 6.45) is -6.04. The Morgan fingerprint density at radius 2 is 1.76 bits per heavy atom. The Morgan fingerprint density at radius 1 is 1.12 bits per heavy atom. The van der Waals surface area contributed by atoms with Crippen molar-refractivity contribution in [1.29, 1.82) is 0 Å². The Balaban J connectivity index is 1.78. The fraction of sp³-hybridized carbons (Fsp3) is 0.286. The molecule has 0 bridgehead atoms. The second-order valence-electron chi connectivity index (χ2n) is 7.03. The lowest BCUT2D eigenvalue weighted by molar-refractivity contribution is -0.216. The van der Waals surface area contributed by atoms with Gasteiger partial charge in [-0.3, -0.25) is 9.59 Å². The van der Waals surface area contributed by atoms with Crippen LogP contribution in [-0.2, 0) is 28.7 Å². The quantitative estimate of drug-likeness (QED) is 0.338. The first-order valence-electron chi connectivity index (χ1n) is 9.46. The smallest absolute Gasteiger partial charge is 0.414 e. The van der Waals surface area contributed by atoms with Gasteiger partial charge in [0.25, 0.3) is 21.9 Å². The molecule has 180 valence electrons. The lowest BCUT2D eigenvalue weighted by Crippen LogP contribution is -2.41. The molecule has 0 aromatic heterocycles. The van der Waals surface area contributed by atoms with Crippen LogP contribution in [-0.4, -0.2) is 63.0 Å². The minimum atomic E-state index is -4.61. The van der Waals surface area contributed by atoms with Crippen molar-refractivity contribution in [3.63, 3.8) is 0 Å². The van der Waals surface area contributed by atoms with Crippen molar-refractivity contribution < 1.29 is 49.7 Å². The molecule has 2 amide bonds. The van der Waals surface area contributed by atoms with E-state index in [1.807, 2.05) is 0 Å². The maximum Gasteiger partial charge on any atom is 0.414 e. The van der Waals surface area contributed by atoms with Gasteiger partial charge in [0.15, 0.2) is 12.7 Å². The average Bonchev–Trinajstić information content (AvgIpc) is 2.75. The maximum absolute atomic E-state index is 12.6. The number of amides is 2. The van der Waals surface area contributed by atoms with Crippen LogP contribution in [0.15, 0.2) is 30.3 Å². The molecule has 2 aromatic carbocycles. The van der Waals surface area contributed by atoms with Gasteiger partial charge in [-0.15, -0.1) is 9.35 Å². The molecular weight excluding hydrogens is 483 g/mol. The van der Waals surface area contributed by atoms with Crippen LogP contribution in [0, 0.1) is 11.8 Å². The number of hydrogen-bond donors (Lipinski definition) is 0. The zero-order valence-electron chi connectivity index (χ0n) is 17.6. The summed E-state index contributed by atoms with van der Waals surface area (Å²) in [6, 6.07) is 7.25. The van der Waals surface area contributed by atoms with Gasteiger partial charge in [-0.25, -0.2) is 4.79 Å². The van der Waals surface area contributed by atoms with Crippen LogP contribution in [0.1, 0.15) is 33.2 Å². The van der Waals surface area contributed by atoms with E-state index in [-0.39, 0.29) is 21.6 Å². The van der Waals surface area contributed by atoms with Crippen LogP contribution in [0.5, 0.6) is 0 Å². The third-order valence-corrected chi connectivity index (χ3v) is 4.94. The van der Waals surface area contributed by atoms with E-state index < -0.39 is 53.4 Å². The number of alkyl halides is 3. The van der Waals surface area contributed by atoms with Gasteiger partial charge in [-0.2, -0.15) is 21.6 Å². The first-order valence-corrected chi connectivity index (χ1v) is 11.3. The monoisotopic (exact) mass is 499 g/mol. The maximum atomic E-state index is 12.6. The van der Waals surface area contributed by atoms with Crippen molar-refractivity contribution in [2.75, 3.05) is 19.5 Å². The largest absolute Gasteiger partial charge is 0.451 e. The fourth-order valence-electron chi connectivity index (χ4n) is 2.96. The van der Waals surface area contributed by atoms with Crippen LogP contribution in [0.2, 0.25) is 0 Å². The summed E-state index contributed by atoms with van der Waals surface area (Å²) in [5.74, 6) is 2.25. The topological polar surface area (TPSA) is 116 Å². The van der Waals surface area contributed by atoms with Gasteiger partial charge in [0.2, 0.25) is 0 Å². The van der Waals surface area contributed by atoms with Crippen molar-refractivity contribution in [2.45, 2.75) is 19.2 Å². The predicted molar refractivity (Wildman–Crippen MR) is 110 cm³/mol. The van der Waals surface area contributed by atoms with Crippen molar-refractivity contribution in [3.8, 4) is 11.8 Å². The highest BCUT2D eigenvalue weighted by Crippen LogP contribution is 2.32. The van der Waals surface area contributed by atoms with E-state index in [0.717, 1.165) is 6.92 Å². The van der Waals surface area contributed by atoms with Crippen molar-refractivity contribution in [2.24, 2.45) is 0 Å². The summed E-state index contributed by atoms with van der Waals surface area (Å²) in [7, 11) is -4.15. The summed E-state index contributed by atoms with van der Waals surface area (Å²) < 4.78 is 73.6. The van der Waals surface area contributed by atoms with Crippen LogP contribution < -0.4 is 0 Å². The summed E-state index contributed by atoms with van der Waals surface area (Å²) in [5, 5.41) is 0.805. The van der Waals surface area contributed by atoms with E-state index in [4.69, 9.17) is 4.74 Å². The van der Waals surface area contributed by atoms with E-state index in [0.29, 0.717) is 17.2 Å². The molecule has 1 aliphatic heterocycles. The molecule has 1 atom stereocenters. The van der Waals surface area contributed by atoms with Gasteiger partial charge in [0.05, 0.1) is 17.4 Å². The number of halogens is 3. The molecule has 3 rings (SSSR count). The minimum absolute atomic E-state index is 0.0155. The van der Waals surface area contributed by atoms with E-state index in [9.17, 15) is 36.0 Å². The molecule has 0 N–H and O–H groups in total. The van der Waals surface area contributed by atoms with E-state index in [1.54, 1.807) is 6.07 Å². The van der Waals surface area contributed by atoms with Crippen LogP contribution >= 0.6 is 0 Å². The van der Waals surface area contributed by atoms with Crippen LogP contribution in [0.25, 0.3) is 10.8 Å². The molecule has 0 saturated heterocycles. The molecule has 13 heteroatoms. The first kappa shape index (κ1) is 25.2. The van der Waals surface area contributed by atoms with Gasteiger partial charge in [0.1, 0.15) is 6.61 Å². The lowest BCUT2D eigenvalue weighted by atomic mass is 9.92. The van der Waals surface area contributed by atoms with Crippen LogP contribution in [0.3, 0.4) is 0 Å². The van der Waals surface area contributed by atoms with Crippen molar-refractivity contribution in [3.05, 3.63) is 47.0 Å². The average molecular weight is 499 g/mol. The number of esters is 1. The van der Waals surface area contributed by atoms with Gasteiger partial charge in [-0.1, -0.05) is 24.0 Å².